The first-order valence-electron chi connectivity index (χ1n) is 11.6. The first-order valence-corrected chi connectivity index (χ1v) is 15.9. The van der Waals surface area contributed by atoms with E-state index in [4.69, 9.17) is 16.0 Å². The average Bonchev–Trinajstić information content (AvgIpc) is 3.05. The fourth-order valence-electron chi connectivity index (χ4n) is 3.91. The molecule has 2 atom stereocenters. The minimum atomic E-state index is -3.71. The number of hydrogen-bond acceptors (Lipinski definition) is 7. The van der Waals surface area contributed by atoms with Crippen molar-refractivity contribution in [2.24, 2.45) is 10.9 Å². The maximum atomic E-state index is 12.8. The number of halogens is 1. The largest absolute Gasteiger partial charge is 0.437 e. The Hall–Kier alpha value is -2.21. The molecular formula is C24H34ClN3O6S2. The van der Waals surface area contributed by atoms with Crippen LogP contribution in [0.3, 0.4) is 0 Å². The molecule has 1 aliphatic heterocycles. The van der Waals surface area contributed by atoms with E-state index in [0.717, 1.165) is 12.5 Å². The van der Waals surface area contributed by atoms with Gasteiger partial charge in [-0.25, -0.2) is 21.8 Å². The molecule has 200 valence electrons. The van der Waals surface area contributed by atoms with Gasteiger partial charge in [-0.2, -0.15) is 4.31 Å². The van der Waals surface area contributed by atoms with Crippen molar-refractivity contribution in [2.45, 2.75) is 39.8 Å². The molecule has 2 heterocycles. The van der Waals surface area contributed by atoms with Gasteiger partial charge in [0.15, 0.2) is 0 Å². The second-order valence-corrected chi connectivity index (χ2v) is 13.1. The SMILES string of the molecule is CC.CNC(=O)c1c(-c2ccc(Cl)cc2)oc2c1=CC(C)CC(N(CCCS(C)(=O)=O)S(C)(=O)=O)N=2. The van der Waals surface area contributed by atoms with Crippen molar-refractivity contribution in [3.63, 3.8) is 0 Å². The van der Waals surface area contributed by atoms with Gasteiger partial charge in [0.2, 0.25) is 15.6 Å². The van der Waals surface area contributed by atoms with E-state index < -0.39 is 26.0 Å². The van der Waals surface area contributed by atoms with Crippen molar-refractivity contribution < 1.29 is 26.0 Å². The van der Waals surface area contributed by atoms with Crippen LogP contribution in [0, 0.1) is 5.92 Å². The molecule has 3 rings (SSSR count). The summed E-state index contributed by atoms with van der Waals surface area (Å²) in [6.07, 6.45) is 3.70. The number of furan rings is 1. The summed E-state index contributed by atoms with van der Waals surface area (Å²) in [6.45, 7) is 5.90. The summed E-state index contributed by atoms with van der Waals surface area (Å²) in [4.78, 5) is 17.4. The molecular weight excluding hydrogens is 526 g/mol. The number of sulfonamides is 1. The second-order valence-electron chi connectivity index (χ2n) is 8.46. The van der Waals surface area contributed by atoms with Crippen LogP contribution in [0.2, 0.25) is 5.02 Å². The topological polar surface area (TPSA) is 126 Å². The lowest BCUT2D eigenvalue weighted by Crippen LogP contribution is -2.41. The maximum absolute atomic E-state index is 12.8. The fraction of sp³-hybridized carbons (Fsp3) is 0.500. The quantitative estimate of drug-likeness (QED) is 0.529. The van der Waals surface area contributed by atoms with Gasteiger partial charge in [0.1, 0.15) is 21.8 Å². The van der Waals surface area contributed by atoms with Crippen molar-refractivity contribution >= 4 is 43.4 Å². The number of hydrogen-bond donors (Lipinski definition) is 1. The Kier molecular flexibility index (Phi) is 10.3. The van der Waals surface area contributed by atoms with Gasteiger partial charge >= 0.3 is 0 Å². The predicted molar refractivity (Wildman–Crippen MR) is 143 cm³/mol. The van der Waals surface area contributed by atoms with Crippen molar-refractivity contribution in [1.29, 1.82) is 0 Å². The lowest BCUT2D eigenvalue weighted by atomic mass is 10.0. The van der Waals surface area contributed by atoms with E-state index in [1.807, 2.05) is 26.8 Å². The lowest BCUT2D eigenvalue weighted by Gasteiger charge is -2.27. The molecule has 0 radical (unpaired) electrons. The van der Waals surface area contributed by atoms with Crippen LogP contribution in [0.1, 0.15) is 44.0 Å². The summed E-state index contributed by atoms with van der Waals surface area (Å²) in [7, 11) is -5.44. The van der Waals surface area contributed by atoms with Crippen LogP contribution in [0.4, 0.5) is 0 Å². The van der Waals surface area contributed by atoms with E-state index in [-0.39, 0.29) is 36.1 Å². The number of nitrogens with zero attached hydrogens (tertiary/aromatic N) is 2. The van der Waals surface area contributed by atoms with Crippen LogP contribution < -0.4 is 16.1 Å². The van der Waals surface area contributed by atoms with Gasteiger partial charge < -0.3 is 9.73 Å². The standard InChI is InChI=1S/C22H28ClN3O6S2.C2H6/c1-14-12-17-19(21(27)24-2)20(15-6-8-16(23)9-7-15)32-22(17)25-18(13-14)26(34(4,30)31)10-5-11-33(3,28)29;1-2/h6-9,12,14,18H,5,10-11,13H2,1-4H3,(H,24,27);1-2H3. The highest BCUT2D eigenvalue weighted by atomic mass is 35.5. The third kappa shape index (κ3) is 7.64. The normalized spacial score (nSPS) is 17.7. The second kappa shape index (κ2) is 12.4. The Balaban J connectivity index is 0.00000222. The van der Waals surface area contributed by atoms with Crippen molar-refractivity contribution in [3.05, 3.63) is 45.6 Å². The number of rotatable bonds is 8. The number of nitrogens with one attached hydrogen (secondary N) is 1. The van der Waals surface area contributed by atoms with Gasteiger partial charge in [0.25, 0.3) is 5.91 Å². The highest BCUT2D eigenvalue weighted by Gasteiger charge is 2.31. The number of carbonyl (C=O) groups excluding carboxylic acids is 1. The molecule has 0 saturated heterocycles. The first-order chi connectivity index (χ1) is 16.8. The lowest BCUT2D eigenvalue weighted by molar-refractivity contribution is 0.0962. The summed E-state index contributed by atoms with van der Waals surface area (Å²) in [5.41, 5.74) is 1.07. The summed E-state index contributed by atoms with van der Waals surface area (Å²) < 4.78 is 55.5. The van der Waals surface area contributed by atoms with Crippen LogP contribution in [0.5, 0.6) is 0 Å². The van der Waals surface area contributed by atoms with E-state index in [0.29, 0.717) is 33.5 Å². The van der Waals surface area contributed by atoms with Crippen LogP contribution in [-0.2, 0) is 19.9 Å². The number of fused-ring (bicyclic) bond motifs is 1. The zero-order valence-electron chi connectivity index (χ0n) is 21.4. The summed E-state index contributed by atoms with van der Waals surface area (Å²) in [5.74, 6) is -0.341. The molecule has 36 heavy (non-hydrogen) atoms. The average molecular weight is 560 g/mol. The van der Waals surface area contributed by atoms with E-state index in [2.05, 4.69) is 10.3 Å². The molecule has 1 aromatic carbocycles. The van der Waals surface area contributed by atoms with Crippen LogP contribution in [0.15, 0.2) is 33.7 Å². The Morgan fingerprint density at radius 1 is 1.17 bits per heavy atom. The molecule has 2 unspecified atom stereocenters. The predicted octanol–water partition coefficient (Wildman–Crippen LogP) is 2.45. The molecule has 0 bridgehead atoms. The Morgan fingerprint density at radius 3 is 2.31 bits per heavy atom. The van der Waals surface area contributed by atoms with Gasteiger partial charge in [-0.15, -0.1) is 0 Å². The molecule has 0 aliphatic carbocycles. The van der Waals surface area contributed by atoms with Gasteiger partial charge in [0.05, 0.1) is 17.6 Å². The molecule has 0 saturated carbocycles. The molecule has 12 heteroatoms. The molecule has 1 amide bonds. The van der Waals surface area contributed by atoms with Crippen molar-refractivity contribution in [3.8, 4) is 11.3 Å². The monoisotopic (exact) mass is 559 g/mol. The minimum Gasteiger partial charge on any atom is -0.437 e. The van der Waals surface area contributed by atoms with Crippen LogP contribution in [-0.4, -0.2) is 65.1 Å². The summed E-state index contributed by atoms with van der Waals surface area (Å²) in [6, 6.07) is 6.80. The highest BCUT2D eigenvalue weighted by Crippen LogP contribution is 2.25. The van der Waals surface area contributed by atoms with Gasteiger partial charge in [0, 0.05) is 35.7 Å². The smallest absolute Gasteiger partial charge is 0.255 e. The third-order valence-electron chi connectivity index (χ3n) is 5.44. The molecule has 0 spiro atoms. The van der Waals surface area contributed by atoms with Crippen LogP contribution >= 0.6 is 11.6 Å². The van der Waals surface area contributed by atoms with Gasteiger partial charge in [-0.05, 0) is 43.0 Å². The first kappa shape index (κ1) is 30.0. The molecule has 9 nitrogen and oxygen atoms in total. The highest BCUT2D eigenvalue weighted by molar-refractivity contribution is 7.90. The summed E-state index contributed by atoms with van der Waals surface area (Å²) in [5, 5.41) is 3.64. The van der Waals surface area contributed by atoms with Crippen LogP contribution in [0.25, 0.3) is 17.4 Å². The molecule has 1 aliphatic rings. The number of carbonyl (C=O) groups is 1. The van der Waals surface area contributed by atoms with Crippen molar-refractivity contribution in [1.82, 2.24) is 9.62 Å². The number of sulfone groups is 1. The fourth-order valence-corrected chi connectivity index (χ4v) is 5.73. The number of benzene rings is 1. The van der Waals surface area contributed by atoms with Gasteiger partial charge in [-0.1, -0.05) is 38.4 Å². The van der Waals surface area contributed by atoms with Crippen molar-refractivity contribution in [2.75, 3.05) is 31.9 Å². The Bertz CT molecular complexity index is 1400. The summed E-state index contributed by atoms with van der Waals surface area (Å²) >= 11 is 6.00. The zero-order chi connectivity index (χ0) is 27.3. The zero-order valence-corrected chi connectivity index (χ0v) is 23.8. The molecule has 2 aromatic rings. The van der Waals surface area contributed by atoms with E-state index in [1.165, 1.54) is 11.4 Å². The maximum Gasteiger partial charge on any atom is 0.255 e. The van der Waals surface area contributed by atoms with E-state index >= 15 is 0 Å². The Morgan fingerprint density at radius 2 is 1.78 bits per heavy atom. The minimum absolute atomic E-state index is 0.00479. The number of amides is 1. The Labute approximate surface area is 218 Å². The van der Waals surface area contributed by atoms with Gasteiger partial charge in [-0.3, -0.25) is 4.79 Å². The van der Waals surface area contributed by atoms with E-state index in [1.54, 1.807) is 24.3 Å². The molecule has 1 N–H and O–H groups in total. The van der Waals surface area contributed by atoms with E-state index in [9.17, 15) is 21.6 Å². The molecule has 0 fully saturated rings. The third-order valence-corrected chi connectivity index (χ3v) is 8.00. The molecule has 1 aromatic heterocycles.